The van der Waals surface area contributed by atoms with E-state index in [9.17, 15) is 9.59 Å². The maximum atomic E-state index is 11.9. The molecule has 22 heavy (non-hydrogen) atoms. The van der Waals surface area contributed by atoms with E-state index in [4.69, 9.17) is 14.6 Å². The topological polar surface area (TPSA) is 82.1 Å². The summed E-state index contributed by atoms with van der Waals surface area (Å²) in [6.45, 7) is -0.778. The molecule has 2 aromatic rings. The highest BCUT2D eigenvalue weighted by Gasteiger charge is 2.17. The van der Waals surface area contributed by atoms with Gasteiger partial charge >= 0.3 is 12.1 Å². The average molecular weight is 302 g/mol. The summed E-state index contributed by atoms with van der Waals surface area (Å²) < 4.78 is 14.1. The molecule has 0 radical (unpaired) electrons. The molecule has 0 unspecified atom stereocenters. The number of esters is 1. The monoisotopic (exact) mass is 302 g/mol. The Bertz CT molecular complexity index is 680. The van der Waals surface area contributed by atoms with Crippen molar-refractivity contribution < 1.29 is 28.9 Å². The summed E-state index contributed by atoms with van der Waals surface area (Å²) in [5.41, 5.74) is 1.43. The van der Waals surface area contributed by atoms with Gasteiger partial charge in [-0.05, 0) is 17.7 Å². The molecule has 0 heterocycles. The highest BCUT2D eigenvalue weighted by atomic mass is 16.8. The second kappa shape index (κ2) is 7.24. The van der Waals surface area contributed by atoms with E-state index in [1.807, 2.05) is 0 Å². The number of benzene rings is 2. The molecule has 0 spiro atoms. The zero-order valence-corrected chi connectivity index (χ0v) is 11.8. The molecule has 114 valence electrons. The Morgan fingerprint density at radius 2 is 1.64 bits per heavy atom. The van der Waals surface area contributed by atoms with Crippen molar-refractivity contribution in [3.8, 4) is 16.9 Å². The van der Waals surface area contributed by atoms with Crippen LogP contribution in [0.5, 0.6) is 5.75 Å². The number of carbonyl (C=O) groups excluding carboxylic acids is 2. The van der Waals surface area contributed by atoms with Crippen molar-refractivity contribution in [2.24, 2.45) is 0 Å². The van der Waals surface area contributed by atoms with Gasteiger partial charge < -0.3 is 19.3 Å². The third-order valence-corrected chi connectivity index (χ3v) is 2.89. The third kappa shape index (κ3) is 3.42. The molecular weight excluding hydrogens is 288 g/mol. The molecule has 1 N–H and O–H groups in total. The van der Waals surface area contributed by atoms with E-state index in [0.29, 0.717) is 16.7 Å². The Morgan fingerprint density at radius 3 is 2.32 bits per heavy atom. The maximum Gasteiger partial charge on any atom is 0.515 e. The number of rotatable bonds is 4. The van der Waals surface area contributed by atoms with Crippen LogP contribution in [-0.4, -0.2) is 31.1 Å². The maximum absolute atomic E-state index is 11.9. The lowest BCUT2D eigenvalue weighted by Crippen LogP contribution is -2.12. The first-order valence-electron chi connectivity index (χ1n) is 6.39. The lowest BCUT2D eigenvalue weighted by atomic mass is 9.99. The predicted octanol–water partition coefficient (Wildman–Crippen LogP) is 2.61. The van der Waals surface area contributed by atoms with Crippen LogP contribution in [0.3, 0.4) is 0 Å². The minimum Gasteiger partial charge on any atom is -0.465 e. The lowest BCUT2D eigenvalue weighted by Gasteiger charge is -2.12. The molecule has 0 amide bonds. The van der Waals surface area contributed by atoms with Crippen LogP contribution in [0.1, 0.15) is 10.4 Å². The first-order valence-corrected chi connectivity index (χ1v) is 6.39. The van der Waals surface area contributed by atoms with Gasteiger partial charge in [0, 0.05) is 5.56 Å². The standard InChI is InChI=1S/C16H14O6/c1-20-15(18)13-8-3-2-6-11(13)12-7-4-5-9-14(12)22-16(19)21-10-17/h2-9,17H,10H2,1H3. The van der Waals surface area contributed by atoms with Crippen LogP contribution in [-0.2, 0) is 9.47 Å². The Balaban J connectivity index is 2.46. The summed E-state index contributed by atoms with van der Waals surface area (Å²) >= 11 is 0. The van der Waals surface area contributed by atoms with Gasteiger partial charge in [-0.2, -0.15) is 0 Å². The fourth-order valence-electron chi connectivity index (χ4n) is 1.96. The molecule has 0 aliphatic carbocycles. The summed E-state index contributed by atoms with van der Waals surface area (Å²) in [6, 6.07) is 13.5. The van der Waals surface area contributed by atoms with E-state index in [1.54, 1.807) is 48.5 Å². The van der Waals surface area contributed by atoms with E-state index in [1.165, 1.54) is 7.11 Å². The van der Waals surface area contributed by atoms with Gasteiger partial charge in [0.05, 0.1) is 12.7 Å². The second-order valence-electron chi connectivity index (χ2n) is 4.16. The molecule has 0 atom stereocenters. The summed E-state index contributed by atoms with van der Waals surface area (Å²) in [6.07, 6.45) is -1.04. The molecular formula is C16H14O6. The van der Waals surface area contributed by atoms with E-state index in [0.717, 1.165) is 0 Å². The molecule has 0 aliphatic heterocycles. The summed E-state index contributed by atoms with van der Waals surface area (Å²) in [4.78, 5) is 23.2. The highest BCUT2D eigenvalue weighted by Crippen LogP contribution is 2.32. The van der Waals surface area contributed by atoms with E-state index in [-0.39, 0.29) is 5.75 Å². The van der Waals surface area contributed by atoms with Gasteiger partial charge in [0.15, 0.2) is 6.79 Å². The Labute approximate surface area is 126 Å². The Hall–Kier alpha value is -2.86. The van der Waals surface area contributed by atoms with Gasteiger partial charge in [0.1, 0.15) is 5.75 Å². The molecule has 2 rings (SSSR count). The number of para-hydroxylation sites is 1. The van der Waals surface area contributed by atoms with Gasteiger partial charge in [-0.25, -0.2) is 9.59 Å². The smallest absolute Gasteiger partial charge is 0.465 e. The third-order valence-electron chi connectivity index (χ3n) is 2.89. The molecule has 6 heteroatoms. The quantitative estimate of drug-likeness (QED) is 0.531. The number of aliphatic hydroxyl groups is 1. The number of aliphatic hydroxyl groups excluding tert-OH is 1. The van der Waals surface area contributed by atoms with Crippen LogP contribution in [0, 0.1) is 0 Å². The normalized spacial score (nSPS) is 9.91. The summed E-state index contributed by atoms with van der Waals surface area (Å²) in [5.74, 6) is -0.291. The first-order chi connectivity index (χ1) is 10.7. The molecule has 0 fully saturated rings. The van der Waals surface area contributed by atoms with Crippen molar-refractivity contribution in [1.29, 1.82) is 0 Å². The van der Waals surface area contributed by atoms with Crippen molar-refractivity contribution in [2.45, 2.75) is 0 Å². The van der Waals surface area contributed by atoms with Gasteiger partial charge in [0.25, 0.3) is 0 Å². The predicted molar refractivity (Wildman–Crippen MR) is 77.4 cm³/mol. The Morgan fingerprint density at radius 1 is 1.00 bits per heavy atom. The SMILES string of the molecule is COC(=O)c1ccccc1-c1ccccc1OC(=O)OCO. The highest BCUT2D eigenvalue weighted by molar-refractivity contribution is 5.98. The van der Waals surface area contributed by atoms with Crippen LogP contribution < -0.4 is 4.74 Å². The Kier molecular flexibility index (Phi) is 5.11. The molecule has 0 saturated carbocycles. The number of ether oxygens (including phenoxy) is 3. The lowest BCUT2D eigenvalue weighted by molar-refractivity contribution is 0.0185. The first kappa shape index (κ1) is 15.5. The van der Waals surface area contributed by atoms with E-state index in [2.05, 4.69) is 4.74 Å². The second-order valence-corrected chi connectivity index (χ2v) is 4.16. The van der Waals surface area contributed by atoms with Crippen LogP contribution in [0.4, 0.5) is 4.79 Å². The molecule has 2 aromatic carbocycles. The number of methoxy groups -OCH3 is 1. The van der Waals surface area contributed by atoms with Gasteiger partial charge in [-0.3, -0.25) is 0 Å². The summed E-state index contributed by atoms with van der Waals surface area (Å²) in [7, 11) is 1.29. The minimum absolute atomic E-state index is 0.206. The fourth-order valence-corrected chi connectivity index (χ4v) is 1.96. The van der Waals surface area contributed by atoms with Crippen LogP contribution >= 0.6 is 0 Å². The molecule has 0 saturated heterocycles. The van der Waals surface area contributed by atoms with Crippen molar-refractivity contribution in [2.75, 3.05) is 13.9 Å². The van der Waals surface area contributed by atoms with E-state index >= 15 is 0 Å². The van der Waals surface area contributed by atoms with Crippen LogP contribution in [0.25, 0.3) is 11.1 Å². The van der Waals surface area contributed by atoms with Crippen molar-refractivity contribution in [3.05, 3.63) is 54.1 Å². The average Bonchev–Trinajstić information content (AvgIpc) is 2.55. The molecule has 0 aliphatic rings. The fraction of sp³-hybridized carbons (Fsp3) is 0.125. The van der Waals surface area contributed by atoms with Gasteiger partial charge in [-0.1, -0.05) is 36.4 Å². The van der Waals surface area contributed by atoms with E-state index < -0.39 is 18.9 Å². The number of hydrogen-bond acceptors (Lipinski definition) is 6. The van der Waals surface area contributed by atoms with Crippen molar-refractivity contribution in [3.63, 3.8) is 0 Å². The molecule has 0 aromatic heterocycles. The number of hydrogen-bond donors (Lipinski definition) is 1. The number of carbonyl (C=O) groups is 2. The molecule has 0 bridgehead atoms. The van der Waals surface area contributed by atoms with Crippen LogP contribution in [0.2, 0.25) is 0 Å². The van der Waals surface area contributed by atoms with Crippen molar-refractivity contribution >= 4 is 12.1 Å². The minimum atomic E-state index is -1.04. The zero-order chi connectivity index (χ0) is 15.9. The van der Waals surface area contributed by atoms with Gasteiger partial charge in [0.2, 0.25) is 0 Å². The van der Waals surface area contributed by atoms with Crippen molar-refractivity contribution in [1.82, 2.24) is 0 Å². The largest absolute Gasteiger partial charge is 0.515 e. The zero-order valence-electron chi connectivity index (χ0n) is 11.8. The van der Waals surface area contributed by atoms with Gasteiger partial charge in [-0.15, -0.1) is 0 Å². The molecule has 6 nitrogen and oxygen atoms in total. The van der Waals surface area contributed by atoms with Crippen LogP contribution in [0.15, 0.2) is 48.5 Å². The summed E-state index contributed by atoms with van der Waals surface area (Å²) in [5, 5.41) is 8.57.